The predicted octanol–water partition coefficient (Wildman–Crippen LogP) is 4.22. The van der Waals surface area contributed by atoms with Crippen LogP contribution in [0.4, 0.5) is 5.69 Å². The lowest BCUT2D eigenvalue weighted by Crippen LogP contribution is -2.46. The van der Waals surface area contributed by atoms with Crippen LogP contribution in [-0.4, -0.2) is 24.1 Å². The van der Waals surface area contributed by atoms with Crippen LogP contribution in [-0.2, 0) is 20.9 Å². The molecule has 7 nitrogen and oxygen atoms in total. The lowest BCUT2D eigenvalue weighted by atomic mass is 9.84. The molecule has 0 bridgehead atoms. The molecule has 0 saturated carbocycles. The van der Waals surface area contributed by atoms with Gasteiger partial charge in [0.25, 0.3) is 0 Å². The Morgan fingerprint density at radius 3 is 2.55 bits per heavy atom. The van der Waals surface area contributed by atoms with Crippen LogP contribution in [0, 0.1) is 12.8 Å². The number of rotatable bonds is 6. The molecule has 1 amide bonds. The number of methoxy groups -OCH3 is 1. The zero-order chi connectivity index (χ0) is 21.8. The highest BCUT2D eigenvalue weighted by Gasteiger charge is 2.42. The number of nitrogens with zero attached hydrogens (tertiary/aromatic N) is 2. The van der Waals surface area contributed by atoms with Gasteiger partial charge >= 0.3 is 5.97 Å². The number of aryl methyl sites for hydroxylation is 1. The third kappa shape index (κ3) is 4.45. The molecule has 0 aliphatic carbocycles. The third-order valence-corrected chi connectivity index (χ3v) is 5.43. The van der Waals surface area contributed by atoms with Gasteiger partial charge in [-0.25, -0.2) is 0 Å². The fourth-order valence-corrected chi connectivity index (χ4v) is 3.96. The summed E-state index contributed by atoms with van der Waals surface area (Å²) in [6, 6.07) is 18.1. The van der Waals surface area contributed by atoms with Gasteiger partial charge in [-0.05, 0) is 43.2 Å². The molecule has 3 aromatic rings. The summed E-state index contributed by atoms with van der Waals surface area (Å²) in [5.74, 6) is 0.455. The van der Waals surface area contributed by atoms with Crippen molar-refractivity contribution in [2.75, 3.05) is 12.0 Å². The van der Waals surface area contributed by atoms with Gasteiger partial charge in [0, 0.05) is 18.2 Å². The number of aromatic nitrogens is 1. The van der Waals surface area contributed by atoms with Crippen molar-refractivity contribution in [1.29, 1.82) is 0 Å². The fourth-order valence-electron chi connectivity index (χ4n) is 3.96. The second kappa shape index (κ2) is 9.04. The first-order valence-electron chi connectivity index (χ1n) is 10.2. The molecule has 31 heavy (non-hydrogen) atoms. The molecule has 2 aromatic carbocycles. The minimum Gasteiger partial charge on any atom is -0.497 e. The van der Waals surface area contributed by atoms with Crippen molar-refractivity contribution in [2.45, 2.75) is 32.4 Å². The van der Waals surface area contributed by atoms with Crippen LogP contribution in [0.25, 0.3) is 0 Å². The number of amides is 1. The number of hydrogen-bond donors (Lipinski definition) is 0. The van der Waals surface area contributed by atoms with Gasteiger partial charge in [0.05, 0.1) is 19.1 Å². The highest BCUT2D eigenvalue weighted by molar-refractivity contribution is 5.97. The molecule has 2 heterocycles. The van der Waals surface area contributed by atoms with Gasteiger partial charge in [0.2, 0.25) is 5.91 Å². The number of benzene rings is 2. The highest BCUT2D eigenvalue weighted by atomic mass is 16.5. The molecule has 1 fully saturated rings. The standard InChI is InChI=1S/C24H24N2O5/c1-16-14-18(25-31-16)15-30-24(28)21-12-13-22(27)26(19-8-10-20(29-2)11-9-19)23(21)17-6-4-3-5-7-17/h3-11,14,21,23H,12-13,15H2,1-2H3/t21-,23-/m1/s1. The van der Waals surface area contributed by atoms with Gasteiger partial charge in [-0.2, -0.15) is 0 Å². The number of esters is 1. The van der Waals surface area contributed by atoms with E-state index in [9.17, 15) is 9.59 Å². The molecule has 1 aliphatic rings. The van der Waals surface area contributed by atoms with E-state index in [1.54, 1.807) is 37.1 Å². The van der Waals surface area contributed by atoms with Gasteiger partial charge in [0.1, 0.15) is 23.8 Å². The first-order chi connectivity index (χ1) is 15.1. The van der Waals surface area contributed by atoms with E-state index in [1.165, 1.54) is 0 Å². The summed E-state index contributed by atoms with van der Waals surface area (Å²) in [6.07, 6.45) is 0.680. The van der Waals surface area contributed by atoms with Gasteiger partial charge in [-0.3, -0.25) is 9.59 Å². The normalized spacial score (nSPS) is 18.6. The molecular formula is C24H24N2O5. The highest BCUT2D eigenvalue weighted by Crippen LogP contribution is 2.41. The van der Waals surface area contributed by atoms with Gasteiger partial charge in [-0.1, -0.05) is 35.5 Å². The zero-order valence-corrected chi connectivity index (χ0v) is 17.5. The Bertz CT molecular complexity index is 1050. The maximum atomic E-state index is 13.1. The van der Waals surface area contributed by atoms with E-state index >= 15 is 0 Å². The van der Waals surface area contributed by atoms with Gasteiger partial charge < -0.3 is 18.9 Å². The first kappa shape index (κ1) is 20.7. The van der Waals surface area contributed by atoms with E-state index in [2.05, 4.69) is 5.16 Å². The lowest BCUT2D eigenvalue weighted by Gasteiger charge is -2.40. The summed E-state index contributed by atoms with van der Waals surface area (Å²) in [6.45, 7) is 1.81. The van der Waals surface area contributed by atoms with Gasteiger partial charge in [-0.15, -0.1) is 0 Å². The molecule has 1 aliphatic heterocycles. The molecule has 2 atom stereocenters. The number of carbonyl (C=O) groups is 2. The molecule has 0 radical (unpaired) electrons. The van der Waals surface area contributed by atoms with Crippen LogP contribution in [0.1, 0.15) is 35.9 Å². The summed E-state index contributed by atoms with van der Waals surface area (Å²) >= 11 is 0. The van der Waals surface area contributed by atoms with Crippen molar-refractivity contribution in [1.82, 2.24) is 5.16 Å². The Labute approximate surface area is 180 Å². The van der Waals surface area contributed by atoms with E-state index in [0.29, 0.717) is 29.3 Å². The first-order valence-corrected chi connectivity index (χ1v) is 10.2. The molecule has 1 aromatic heterocycles. The maximum Gasteiger partial charge on any atom is 0.311 e. The Morgan fingerprint density at radius 1 is 1.16 bits per heavy atom. The van der Waals surface area contributed by atoms with Crippen molar-refractivity contribution in [3.8, 4) is 5.75 Å². The minimum atomic E-state index is -0.504. The Balaban J connectivity index is 1.64. The number of carbonyl (C=O) groups excluding carboxylic acids is 2. The van der Waals surface area contributed by atoms with E-state index in [1.807, 2.05) is 42.5 Å². The van der Waals surface area contributed by atoms with E-state index < -0.39 is 12.0 Å². The third-order valence-electron chi connectivity index (χ3n) is 5.43. The molecular weight excluding hydrogens is 396 g/mol. The second-order valence-corrected chi connectivity index (χ2v) is 7.50. The van der Waals surface area contributed by atoms with Crippen molar-refractivity contribution < 1.29 is 23.6 Å². The van der Waals surface area contributed by atoms with E-state index in [0.717, 1.165) is 5.56 Å². The van der Waals surface area contributed by atoms with Crippen LogP contribution in [0.2, 0.25) is 0 Å². The average molecular weight is 420 g/mol. The molecule has 1 saturated heterocycles. The number of piperidine rings is 1. The van der Waals surface area contributed by atoms with E-state index in [-0.39, 0.29) is 24.9 Å². The molecule has 0 unspecified atom stereocenters. The van der Waals surface area contributed by atoms with Crippen molar-refractivity contribution in [2.24, 2.45) is 5.92 Å². The maximum absolute atomic E-state index is 13.1. The molecule has 160 valence electrons. The lowest BCUT2D eigenvalue weighted by molar-refractivity contribution is -0.152. The van der Waals surface area contributed by atoms with Crippen molar-refractivity contribution in [3.05, 3.63) is 77.7 Å². The summed E-state index contributed by atoms with van der Waals surface area (Å²) in [5, 5.41) is 3.87. The van der Waals surface area contributed by atoms with Gasteiger partial charge in [0.15, 0.2) is 0 Å². The fraction of sp³-hybridized carbons (Fsp3) is 0.292. The van der Waals surface area contributed by atoms with Crippen LogP contribution in [0.5, 0.6) is 5.75 Å². The van der Waals surface area contributed by atoms with Crippen LogP contribution >= 0.6 is 0 Å². The minimum absolute atomic E-state index is 0.0322. The van der Waals surface area contributed by atoms with Crippen LogP contribution < -0.4 is 9.64 Å². The van der Waals surface area contributed by atoms with Crippen LogP contribution in [0.3, 0.4) is 0 Å². The quantitative estimate of drug-likeness (QED) is 0.556. The largest absolute Gasteiger partial charge is 0.497 e. The molecule has 7 heteroatoms. The zero-order valence-electron chi connectivity index (χ0n) is 17.5. The predicted molar refractivity (Wildman–Crippen MR) is 113 cm³/mol. The number of anilines is 1. The molecule has 0 spiro atoms. The Morgan fingerprint density at radius 2 is 1.90 bits per heavy atom. The second-order valence-electron chi connectivity index (χ2n) is 7.50. The molecule has 0 N–H and O–H groups in total. The number of hydrogen-bond acceptors (Lipinski definition) is 6. The molecule has 4 rings (SSSR count). The monoisotopic (exact) mass is 420 g/mol. The summed E-state index contributed by atoms with van der Waals surface area (Å²) < 4.78 is 15.8. The summed E-state index contributed by atoms with van der Waals surface area (Å²) in [4.78, 5) is 27.8. The van der Waals surface area contributed by atoms with Crippen molar-refractivity contribution in [3.63, 3.8) is 0 Å². The van der Waals surface area contributed by atoms with Crippen molar-refractivity contribution >= 4 is 17.6 Å². The van der Waals surface area contributed by atoms with Crippen LogP contribution in [0.15, 0.2) is 65.2 Å². The van der Waals surface area contributed by atoms with E-state index in [4.69, 9.17) is 14.0 Å². The SMILES string of the molecule is COc1ccc(N2C(=O)CC[C@@H](C(=O)OCc3cc(C)on3)[C@H]2c2ccccc2)cc1. The Kier molecular flexibility index (Phi) is 6.02. The topological polar surface area (TPSA) is 81.9 Å². The Hall–Kier alpha value is -3.61. The smallest absolute Gasteiger partial charge is 0.311 e. The summed E-state index contributed by atoms with van der Waals surface area (Å²) in [7, 11) is 1.59. The number of ether oxygens (including phenoxy) is 2. The summed E-state index contributed by atoms with van der Waals surface area (Å²) in [5.41, 5.74) is 2.15. The average Bonchev–Trinajstić information content (AvgIpc) is 3.23.